The molecule has 1 amide bonds. The van der Waals surface area contributed by atoms with Crippen molar-refractivity contribution in [3.05, 3.63) is 59.4 Å². The molecule has 0 aliphatic carbocycles. The highest BCUT2D eigenvalue weighted by Gasteiger charge is 2.16. The van der Waals surface area contributed by atoms with Gasteiger partial charge in [0.2, 0.25) is 5.95 Å². The Labute approximate surface area is 118 Å². The van der Waals surface area contributed by atoms with Gasteiger partial charge in [-0.1, -0.05) is 0 Å². The predicted octanol–water partition coefficient (Wildman–Crippen LogP) is 2.40. The molecular formula is C14H10F2N2O3. The maximum absolute atomic E-state index is 13.4. The monoisotopic (exact) mass is 292 g/mol. The zero-order valence-electron chi connectivity index (χ0n) is 10.9. The van der Waals surface area contributed by atoms with E-state index >= 15 is 0 Å². The Hall–Kier alpha value is -2.83. The van der Waals surface area contributed by atoms with Crippen molar-refractivity contribution < 1.29 is 23.1 Å². The average molecular weight is 292 g/mol. The predicted molar refractivity (Wildman–Crippen MR) is 69.9 cm³/mol. The number of benzene rings is 1. The van der Waals surface area contributed by atoms with Gasteiger partial charge in [0.25, 0.3) is 5.91 Å². The normalized spacial score (nSPS) is 10.0. The molecule has 0 fully saturated rings. The summed E-state index contributed by atoms with van der Waals surface area (Å²) < 4.78 is 31.2. The van der Waals surface area contributed by atoms with Crippen LogP contribution in [0.5, 0.6) is 0 Å². The summed E-state index contributed by atoms with van der Waals surface area (Å²) in [6, 6.07) is 6.01. The van der Waals surface area contributed by atoms with Crippen molar-refractivity contribution in [2.24, 2.45) is 0 Å². The summed E-state index contributed by atoms with van der Waals surface area (Å²) in [5.41, 5.74) is -0.464. The lowest BCUT2D eigenvalue weighted by Gasteiger charge is -2.08. The first kappa shape index (κ1) is 14.6. The number of carbonyl (C=O) groups is 2. The van der Waals surface area contributed by atoms with Crippen LogP contribution in [0.1, 0.15) is 20.7 Å². The van der Waals surface area contributed by atoms with Crippen molar-refractivity contribution in [1.29, 1.82) is 0 Å². The third kappa shape index (κ3) is 3.19. The van der Waals surface area contributed by atoms with Gasteiger partial charge in [0.05, 0.1) is 18.2 Å². The van der Waals surface area contributed by atoms with Crippen LogP contribution in [0.25, 0.3) is 0 Å². The first-order valence-electron chi connectivity index (χ1n) is 5.82. The first-order chi connectivity index (χ1) is 10.0. The number of hydrogen-bond acceptors (Lipinski definition) is 4. The minimum atomic E-state index is -0.926. The van der Waals surface area contributed by atoms with E-state index in [1.54, 1.807) is 0 Å². The third-order valence-electron chi connectivity index (χ3n) is 2.63. The molecule has 0 spiro atoms. The summed E-state index contributed by atoms with van der Waals surface area (Å²) >= 11 is 0. The molecule has 0 aliphatic heterocycles. The van der Waals surface area contributed by atoms with E-state index in [2.05, 4.69) is 15.0 Å². The molecule has 0 aliphatic rings. The number of amides is 1. The van der Waals surface area contributed by atoms with Crippen LogP contribution in [-0.4, -0.2) is 24.0 Å². The molecule has 0 saturated carbocycles. The van der Waals surface area contributed by atoms with Gasteiger partial charge in [-0.3, -0.25) is 4.79 Å². The van der Waals surface area contributed by atoms with Crippen LogP contribution in [-0.2, 0) is 4.74 Å². The molecule has 1 N–H and O–H groups in total. The van der Waals surface area contributed by atoms with E-state index in [4.69, 9.17) is 0 Å². The van der Waals surface area contributed by atoms with Gasteiger partial charge in [0.15, 0.2) is 0 Å². The molecule has 0 unspecified atom stereocenters. The van der Waals surface area contributed by atoms with Crippen molar-refractivity contribution in [3.63, 3.8) is 0 Å². The van der Waals surface area contributed by atoms with E-state index in [0.29, 0.717) is 0 Å². The second-order valence-electron chi connectivity index (χ2n) is 3.98. The molecule has 1 aromatic carbocycles. The highest BCUT2D eigenvalue weighted by Crippen LogP contribution is 2.17. The summed E-state index contributed by atoms with van der Waals surface area (Å²) in [5.74, 6) is -3.35. The smallest absolute Gasteiger partial charge is 0.340 e. The molecule has 2 aromatic rings. The lowest BCUT2D eigenvalue weighted by atomic mass is 10.1. The lowest BCUT2D eigenvalue weighted by molar-refractivity contribution is 0.0595. The van der Waals surface area contributed by atoms with Gasteiger partial charge in [0, 0.05) is 11.9 Å². The molecule has 1 heterocycles. The number of pyridine rings is 1. The summed E-state index contributed by atoms with van der Waals surface area (Å²) in [7, 11) is 1.11. The molecule has 7 heteroatoms. The molecule has 0 bridgehead atoms. The van der Waals surface area contributed by atoms with E-state index in [9.17, 15) is 18.4 Å². The van der Waals surface area contributed by atoms with E-state index in [1.165, 1.54) is 24.4 Å². The Morgan fingerprint density at radius 2 is 1.95 bits per heavy atom. The summed E-state index contributed by atoms with van der Waals surface area (Å²) in [6.45, 7) is 0. The van der Waals surface area contributed by atoms with Gasteiger partial charge in [-0.2, -0.15) is 4.39 Å². The van der Waals surface area contributed by atoms with E-state index in [0.717, 1.165) is 19.2 Å². The minimum absolute atomic E-state index is 0.130. The number of nitrogens with zero attached hydrogens (tertiary/aromatic N) is 1. The Bertz CT molecular complexity index is 704. The van der Waals surface area contributed by atoms with Crippen molar-refractivity contribution >= 4 is 17.6 Å². The minimum Gasteiger partial charge on any atom is -0.465 e. The van der Waals surface area contributed by atoms with Crippen LogP contribution in [0.2, 0.25) is 0 Å². The molecule has 5 nitrogen and oxygen atoms in total. The maximum atomic E-state index is 13.4. The number of nitrogens with one attached hydrogen (secondary N) is 1. The maximum Gasteiger partial charge on any atom is 0.340 e. The fourth-order valence-electron chi connectivity index (χ4n) is 1.62. The van der Waals surface area contributed by atoms with Crippen LogP contribution in [0.4, 0.5) is 14.5 Å². The molecule has 1 aromatic heterocycles. The van der Waals surface area contributed by atoms with Gasteiger partial charge in [0.1, 0.15) is 5.82 Å². The van der Waals surface area contributed by atoms with E-state index < -0.39 is 23.6 Å². The summed E-state index contributed by atoms with van der Waals surface area (Å²) in [6.07, 6.45) is 1.21. The first-order valence-corrected chi connectivity index (χ1v) is 5.82. The van der Waals surface area contributed by atoms with Gasteiger partial charge in [-0.05, 0) is 30.3 Å². The quantitative estimate of drug-likeness (QED) is 0.696. The molecule has 0 atom stereocenters. The number of methoxy groups -OCH3 is 1. The number of hydrogen-bond donors (Lipinski definition) is 1. The molecule has 0 saturated heterocycles. The number of ether oxygens (including phenoxy) is 1. The van der Waals surface area contributed by atoms with Gasteiger partial charge >= 0.3 is 5.97 Å². The lowest BCUT2D eigenvalue weighted by Crippen LogP contribution is -2.15. The molecular weight excluding hydrogens is 282 g/mol. The summed E-state index contributed by atoms with van der Waals surface area (Å²) in [5, 5.41) is 2.35. The fourth-order valence-corrected chi connectivity index (χ4v) is 1.62. The van der Waals surface area contributed by atoms with Crippen LogP contribution in [0, 0.1) is 11.8 Å². The number of carbonyl (C=O) groups excluding carboxylic acids is 2. The van der Waals surface area contributed by atoms with Crippen molar-refractivity contribution in [2.75, 3.05) is 12.4 Å². The Kier molecular flexibility index (Phi) is 4.22. The van der Waals surface area contributed by atoms with E-state index in [1.807, 2.05) is 0 Å². The highest BCUT2D eigenvalue weighted by atomic mass is 19.1. The Morgan fingerprint density at radius 3 is 2.62 bits per heavy atom. The van der Waals surface area contributed by atoms with Gasteiger partial charge < -0.3 is 10.1 Å². The number of halogens is 2. The number of aromatic nitrogens is 1. The fraction of sp³-hybridized carbons (Fsp3) is 0.0714. The average Bonchev–Trinajstić information content (AvgIpc) is 2.48. The standard InChI is InChI=1S/C14H10F2N2O3/c1-21-14(20)10-7-8(4-5-11(10)15)18-13(19)9-3-2-6-17-12(9)16/h2-7H,1H3,(H,18,19). The summed E-state index contributed by atoms with van der Waals surface area (Å²) in [4.78, 5) is 26.6. The second-order valence-corrected chi connectivity index (χ2v) is 3.98. The van der Waals surface area contributed by atoms with Crippen LogP contribution in [0.3, 0.4) is 0 Å². The topological polar surface area (TPSA) is 68.3 Å². The molecule has 2 rings (SSSR count). The Balaban J connectivity index is 2.26. The zero-order valence-corrected chi connectivity index (χ0v) is 10.9. The zero-order chi connectivity index (χ0) is 15.4. The van der Waals surface area contributed by atoms with E-state index in [-0.39, 0.29) is 16.8 Å². The largest absolute Gasteiger partial charge is 0.465 e. The highest BCUT2D eigenvalue weighted by molar-refractivity contribution is 6.04. The number of esters is 1. The van der Waals surface area contributed by atoms with Gasteiger partial charge in [-0.15, -0.1) is 0 Å². The van der Waals surface area contributed by atoms with Crippen molar-refractivity contribution in [3.8, 4) is 0 Å². The molecule has 0 radical (unpaired) electrons. The van der Waals surface area contributed by atoms with Crippen LogP contribution >= 0.6 is 0 Å². The molecule has 108 valence electrons. The Morgan fingerprint density at radius 1 is 1.19 bits per heavy atom. The SMILES string of the molecule is COC(=O)c1cc(NC(=O)c2cccnc2F)ccc1F. The number of anilines is 1. The van der Waals surface area contributed by atoms with Crippen LogP contribution in [0.15, 0.2) is 36.5 Å². The third-order valence-corrected chi connectivity index (χ3v) is 2.63. The second kappa shape index (κ2) is 6.08. The van der Waals surface area contributed by atoms with Gasteiger partial charge in [-0.25, -0.2) is 14.2 Å². The van der Waals surface area contributed by atoms with Crippen molar-refractivity contribution in [2.45, 2.75) is 0 Å². The molecule has 21 heavy (non-hydrogen) atoms. The van der Waals surface area contributed by atoms with Crippen LogP contribution < -0.4 is 5.32 Å². The van der Waals surface area contributed by atoms with Crippen molar-refractivity contribution in [1.82, 2.24) is 4.98 Å². The number of rotatable bonds is 3.